The summed E-state index contributed by atoms with van der Waals surface area (Å²) < 4.78 is 4.97. The van der Waals surface area contributed by atoms with Crippen LogP contribution in [0.15, 0.2) is 23.0 Å². The van der Waals surface area contributed by atoms with Crippen molar-refractivity contribution in [1.82, 2.24) is 10.2 Å². The number of rotatable bonds is 4. The number of carbonyl (C=O) groups excluding carboxylic acids is 1. The molecule has 0 unspecified atom stereocenters. The second-order valence-corrected chi connectivity index (χ2v) is 5.32. The Labute approximate surface area is 117 Å². The van der Waals surface area contributed by atoms with Crippen molar-refractivity contribution >= 4 is 12.0 Å². The second-order valence-electron chi connectivity index (χ2n) is 5.32. The van der Waals surface area contributed by atoms with E-state index < -0.39 is 5.97 Å². The Kier molecular flexibility index (Phi) is 4.65. The van der Waals surface area contributed by atoms with Crippen LogP contribution < -0.4 is 5.32 Å². The molecule has 2 amide bonds. The zero-order valence-electron chi connectivity index (χ0n) is 11.5. The van der Waals surface area contributed by atoms with Crippen LogP contribution in [-0.2, 0) is 11.3 Å². The number of aliphatic carboxylic acids is 1. The van der Waals surface area contributed by atoms with E-state index in [4.69, 9.17) is 9.52 Å². The van der Waals surface area contributed by atoms with Gasteiger partial charge < -0.3 is 19.7 Å². The average Bonchev–Trinajstić information content (AvgIpc) is 2.92. The standard InChI is InChI=1S/C14H20N2O4/c1-16(8-10-6-7-20-9-10)14(19)15-12-4-2-11(3-5-12)13(17)18/h6-7,9,11-12H,2-5,8H2,1H3,(H,15,19)(H,17,18). The predicted molar refractivity (Wildman–Crippen MR) is 72.1 cm³/mol. The number of carbonyl (C=O) groups is 2. The van der Waals surface area contributed by atoms with Gasteiger partial charge in [-0.05, 0) is 31.7 Å². The van der Waals surface area contributed by atoms with Crippen molar-refractivity contribution in [3.05, 3.63) is 24.2 Å². The summed E-state index contributed by atoms with van der Waals surface area (Å²) in [5.74, 6) is -0.987. The Hall–Kier alpha value is -1.98. The van der Waals surface area contributed by atoms with E-state index in [1.165, 1.54) is 0 Å². The molecule has 1 aliphatic carbocycles. The molecule has 1 aliphatic rings. The fourth-order valence-corrected chi connectivity index (χ4v) is 2.50. The van der Waals surface area contributed by atoms with Gasteiger partial charge in [-0.25, -0.2) is 4.79 Å². The molecule has 0 aliphatic heterocycles. The quantitative estimate of drug-likeness (QED) is 0.884. The highest BCUT2D eigenvalue weighted by atomic mass is 16.4. The number of nitrogens with zero attached hydrogens (tertiary/aromatic N) is 1. The van der Waals surface area contributed by atoms with Crippen LogP contribution in [0.2, 0.25) is 0 Å². The summed E-state index contributed by atoms with van der Waals surface area (Å²) in [6, 6.07) is 1.76. The number of urea groups is 1. The Morgan fingerprint density at radius 1 is 1.40 bits per heavy atom. The van der Waals surface area contributed by atoms with Crippen LogP contribution in [0.25, 0.3) is 0 Å². The molecule has 1 fully saturated rings. The molecule has 2 rings (SSSR count). The monoisotopic (exact) mass is 280 g/mol. The zero-order valence-corrected chi connectivity index (χ0v) is 11.5. The number of hydrogen-bond donors (Lipinski definition) is 2. The Morgan fingerprint density at radius 3 is 2.65 bits per heavy atom. The van der Waals surface area contributed by atoms with E-state index in [-0.39, 0.29) is 18.0 Å². The summed E-state index contributed by atoms with van der Waals surface area (Å²) in [6.07, 6.45) is 5.90. The maximum atomic E-state index is 12.0. The van der Waals surface area contributed by atoms with Gasteiger partial charge in [-0.3, -0.25) is 4.79 Å². The third kappa shape index (κ3) is 3.76. The first kappa shape index (κ1) is 14.4. The molecule has 6 heteroatoms. The summed E-state index contributed by atoms with van der Waals surface area (Å²) >= 11 is 0. The molecule has 1 saturated carbocycles. The van der Waals surface area contributed by atoms with Gasteiger partial charge in [0.1, 0.15) is 0 Å². The normalized spacial score (nSPS) is 22.2. The van der Waals surface area contributed by atoms with E-state index in [9.17, 15) is 9.59 Å². The lowest BCUT2D eigenvalue weighted by Gasteiger charge is -2.28. The molecular weight excluding hydrogens is 260 g/mol. The molecule has 0 bridgehead atoms. The molecule has 1 aromatic rings. The van der Waals surface area contributed by atoms with Crippen molar-refractivity contribution in [2.75, 3.05) is 7.05 Å². The second kappa shape index (κ2) is 6.45. The number of nitrogens with one attached hydrogen (secondary N) is 1. The Bertz CT molecular complexity index is 450. The van der Waals surface area contributed by atoms with Crippen LogP contribution in [-0.4, -0.2) is 35.1 Å². The van der Waals surface area contributed by atoms with Crippen molar-refractivity contribution in [3.63, 3.8) is 0 Å². The number of amides is 2. The third-order valence-corrected chi connectivity index (χ3v) is 3.75. The lowest BCUT2D eigenvalue weighted by atomic mass is 9.86. The van der Waals surface area contributed by atoms with E-state index in [0.29, 0.717) is 19.4 Å². The molecule has 1 aromatic heterocycles. The van der Waals surface area contributed by atoms with Gasteiger partial charge in [-0.1, -0.05) is 0 Å². The average molecular weight is 280 g/mol. The topological polar surface area (TPSA) is 82.8 Å². The van der Waals surface area contributed by atoms with Crippen LogP contribution in [0.3, 0.4) is 0 Å². The molecule has 2 N–H and O–H groups in total. The zero-order chi connectivity index (χ0) is 14.5. The van der Waals surface area contributed by atoms with Crippen molar-refractivity contribution in [2.45, 2.75) is 38.3 Å². The fourth-order valence-electron chi connectivity index (χ4n) is 2.50. The van der Waals surface area contributed by atoms with Gasteiger partial charge in [-0.2, -0.15) is 0 Å². The highest BCUT2D eigenvalue weighted by Crippen LogP contribution is 2.24. The van der Waals surface area contributed by atoms with Crippen molar-refractivity contribution < 1.29 is 19.1 Å². The summed E-state index contributed by atoms with van der Waals surface area (Å²) in [4.78, 5) is 24.5. The summed E-state index contributed by atoms with van der Waals surface area (Å²) in [5.41, 5.74) is 0.942. The third-order valence-electron chi connectivity index (χ3n) is 3.75. The van der Waals surface area contributed by atoms with E-state index >= 15 is 0 Å². The highest BCUT2D eigenvalue weighted by Gasteiger charge is 2.27. The van der Waals surface area contributed by atoms with Crippen molar-refractivity contribution in [2.24, 2.45) is 5.92 Å². The van der Waals surface area contributed by atoms with Gasteiger partial charge in [-0.15, -0.1) is 0 Å². The van der Waals surface area contributed by atoms with E-state index in [1.54, 1.807) is 24.5 Å². The molecule has 1 heterocycles. The van der Waals surface area contributed by atoms with Gasteiger partial charge in [0.05, 0.1) is 25.0 Å². The molecule has 20 heavy (non-hydrogen) atoms. The van der Waals surface area contributed by atoms with Crippen molar-refractivity contribution in [1.29, 1.82) is 0 Å². The minimum Gasteiger partial charge on any atom is -0.481 e. The summed E-state index contributed by atoms with van der Waals surface area (Å²) in [5, 5.41) is 11.9. The van der Waals surface area contributed by atoms with E-state index in [1.807, 2.05) is 6.07 Å². The van der Waals surface area contributed by atoms with Crippen LogP contribution >= 0.6 is 0 Å². The van der Waals surface area contributed by atoms with Gasteiger partial charge in [0.2, 0.25) is 0 Å². The van der Waals surface area contributed by atoms with Gasteiger partial charge in [0.15, 0.2) is 0 Å². The lowest BCUT2D eigenvalue weighted by molar-refractivity contribution is -0.142. The predicted octanol–water partition coefficient (Wildman–Crippen LogP) is 2.06. The molecule has 0 spiro atoms. The minimum absolute atomic E-state index is 0.0740. The Balaban J connectivity index is 1.76. The maximum absolute atomic E-state index is 12.0. The van der Waals surface area contributed by atoms with Crippen LogP contribution in [0.1, 0.15) is 31.2 Å². The summed E-state index contributed by atoms with van der Waals surface area (Å²) in [6.45, 7) is 0.493. The summed E-state index contributed by atoms with van der Waals surface area (Å²) in [7, 11) is 1.73. The molecule has 0 atom stereocenters. The number of furan rings is 1. The first-order valence-electron chi connectivity index (χ1n) is 6.81. The fraction of sp³-hybridized carbons (Fsp3) is 0.571. The van der Waals surface area contributed by atoms with Crippen LogP contribution in [0.4, 0.5) is 4.79 Å². The molecule has 110 valence electrons. The molecule has 0 radical (unpaired) electrons. The van der Waals surface area contributed by atoms with E-state index in [0.717, 1.165) is 18.4 Å². The first-order chi connectivity index (χ1) is 9.56. The first-order valence-corrected chi connectivity index (χ1v) is 6.81. The number of hydrogen-bond acceptors (Lipinski definition) is 3. The number of carboxylic acids is 1. The van der Waals surface area contributed by atoms with Gasteiger partial charge in [0.25, 0.3) is 0 Å². The smallest absolute Gasteiger partial charge is 0.317 e. The Morgan fingerprint density at radius 2 is 2.10 bits per heavy atom. The number of carboxylic acid groups (broad SMARTS) is 1. The minimum atomic E-state index is -0.730. The van der Waals surface area contributed by atoms with Crippen molar-refractivity contribution in [3.8, 4) is 0 Å². The highest BCUT2D eigenvalue weighted by molar-refractivity contribution is 5.74. The molecule has 0 aromatic carbocycles. The van der Waals surface area contributed by atoms with Crippen LogP contribution in [0.5, 0.6) is 0 Å². The maximum Gasteiger partial charge on any atom is 0.317 e. The largest absolute Gasteiger partial charge is 0.481 e. The molecular formula is C14H20N2O4. The molecule has 6 nitrogen and oxygen atoms in total. The molecule has 0 saturated heterocycles. The lowest BCUT2D eigenvalue weighted by Crippen LogP contribution is -2.44. The SMILES string of the molecule is CN(Cc1ccoc1)C(=O)NC1CCC(C(=O)O)CC1. The van der Waals surface area contributed by atoms with Gasteiger partial charge >= 0.3 is 12.0 Å². The van der Waals surface area contributed by atoms with Gasteiger partial charge in [0, 0.05) is 18.7 Å². The van der Waals surface area contributed by atoms with E-state index in [2.05, 4.69) is 5.32 Å². The van der Waals surface area contributed by atoms with Crippen LogP contribution in [0, 0.1) is 5.92 Å².